The summed E-state index contributed by atoms with van der Waals surface area (Å²) in [4.78, 5) is 8.92. The molecule has 0 bridgehead atoms. The van der Waals surface area contributed by atoms with Gasteiger partial charge in [-0.05, 0) is 0 Å². The van der Waals surface area contributed by atoms with Gasteiger partial charge in [0.15, 0.2) is 0 Å². The van der Waals surface area contributed by atoms with Crippen LogP contribution in [-0.2, 0) is 0 Å². The first-order valence-electron chi connectivity index (χ1n) is 8.71. The Kier molecular flexibility index (Phi) is 5.74. The van der Waals surface area contributed by atoms with E-state index < -0.39 is 21.1 Å². The zero-order valence-electron chi connectivity index (χ0n) is 14.1. The van der Waals surface area contributed by atoms with E-state index in [2.05, 4.69) is 4.98 Å². The Morgan fingerprint density at radius 3 is 2.81 bits per heavy atom. The van der Waals surface area contributed by atoms with E-state index in [1.165, 1.54) is 3.58 Å². The molecule has 2 atom stereocenters. The fraction of sp³-hybridized carbons (Fsp3) is 0.368. The number of aliphatic hydroxyl groups excluding tert-OH is 1. The van der Waals surface area contributed by atoms with Crippen molar-refractivity contribution in [1.82, 2.24) is 4.98 Å². The second-order valence-electron chi connectivity index (χ2n) is 6.72. The van der Waals surface area contributed by atoms with E-state index in [9.17, 15) is 5.11 Å². The first kappa shape index (κ1) is 18.5. The van der Waals surface area contributed by atoms with Crippen LogP contribution in [0.5, 0.6) is 5.75 Å². The van der Waals surface area contributed by atoms with Gasteiger partial charge < -0.3 is 0 Å². The van der Waals surface area contributed by atoms with Gasteiger partial charge in [-0.2, -0.15) is 0 Å². The summed E-state index contributed by atoms with van der Waals surface area (Å²) in [7, 11) is 0. The van der Waals surface area contributed by atoms with Gasteiger partial charge in [-0.3, -0.25) is 0 Å². The van der Waals surface area contributed by atoms with Gasteiger partial charge in [0.25, 0.3) is 0 Å². The van der Waals surface area contributed by atoms with Gasteiger partial charge in [-0.1, -0.05) is 0 Å². The summed E-state index contributed by atoms with van der Waals surface area (Å²) in [6.07, 6.45) is 7.12. The predicted octanol–water partition coefficient (Wildman–Crippen LogP) is 3.74. The SMILES string of the molecule is O[C@@H]1CCC[C@H](COc2c(Cl)c(Cl)c[c]3c2N=[C](c2ccncc2)[Sn]3)C1. The third kappa shape index (κ3) is 3.88. The van der Waals surface area contributed by atoms with E-state index in [1.54, 1.807) is 12.4 Å². The van der Waals surface area contributed by atoms with Crippen molar-refractivity contribution in [3.05, 3.63) is 46.2 Å². The summed E-state index contributed by atoms with van der Waals surface area (Å²) in [6.45, 7) is 0.536. The summed E-state index contributed by atoms with van der Waals surface area (Å²) in [5.74, 6) is 0.939. The van der Waals surface area contributed by atoms with Crippen LogP contribution in [0.2, 0.25) is 10.0 Å². The van der Waals surface area contributed by atoms with Crippen LogP contribution in [0.15, 0.2) is 35.6 Å². The van der Waals surface area contributed by atoms with Gasteiger partial charge in [0.1, 0.15) is 0 Å². The molecule has 1 fully saturated rings. The first-order valence-corrected chi connectivity index (χ1v) is 12.3. The molecular weight excluding hydrogens is 478 g/mol. The van der Waals surface area contributed by atoms with E-state index in [-0.39, 0.29) is 6.10 Å². The summed E-state index contributed by atoms with van der Waals surface area (Å²) >= 11 is 11.7. The van der Waals surface area contributed by atoms with Crippen LogP contribution in [0.4, 0.5) is 5.69 Å². The molecule has 7 heteroatoms. The summed E-state index contributed by atoms with van der Waals surface area (Å²) in [5, 5.41) is 10.8. The summed E-state index contributed by atoms with van der Waals surface area (Å²) in [6, 6.07) is 5.91. The quantitative estimate of drug-likeness (QED) is 0.657. The first-order chi connectivity index (χ1) is 12.6. The number of rotatable bonds is 4. The maximum atomic E-state index is 9.87. The topological polar surface area (TPSA) is 54.7 Å². The number of aliphatic hydroxyl groups is 1. The second kappa shape index (κ2) is 8.05. The van der Waals surface area contributed by atoms with Gasteiger partial charge in [0.05, 0.1) is 0 Å². The van der Waals surface area contributed by atoms with Gasteiger partial charge >= 0.3 is 173 Å². The van der Waals surface area contributed by atoms with Gasteiger partial charge in [-0.15, -0.1) is 0 Å². The van der Waals surface area contributed by atoms with Crippen molar-refractivity contribution in [2.45, 2.75) is 31.8 Å². The van der Waals surface area contributed by atoms with Crippen molar-refractivity contribution in [3.8, 4) is 5.75 Å². The average molecular weight is 496 g/mol. The zero-order chi connectivity index (χ0) is 18.1. The Bertz CT molecular complexity index is 845. The molecule has 2 heterocycles. The minimum absolute atomic E-state index is 0.219. The zero-order valence-corrected chi connectivity index (χ0v) is 18.4. The monoisotopic (exact) mass is 496 g/mol. The molecule has 134 valence electrons. The van der Waals surface area contributed by atoms with Crippen molar-refractivity contribution in [3.63, 3.8) is 0 Å². The molecule has 1 aliphatic heterocycles. The third-order valence-electron chi connectivity index (χ3n) is 4.80. The van der Waals surface area contributed by atoms with Crippen LogP contribution in [0, 0.1) is 5.92 Å². The van der Waals surface area contributed by atoms with Crippen molar-refractivity contribution in [1.29, 1.82) is 0 Å². The molecule has 1 aromatic heterocycles. The fourth-order valence-electron chi connectivity index (χ4n) is 3.46. The molecule has 0 spiro atoms. The Morgan fingerprint density at radius 2 is 2.04 bits per heavy atom. The molecule has 1 aromatic carbocycles. The van der Waals surface area contributed by atoms with E-state index in [1.807, 2.05) is 18.2 Å². The van der Waals surface area contributed by atoms with Crippen LogP contribution in [0.25, 0.3) is 0 Å². The van der Waals surface area contributed by atoms with Crippen molar-refractivity contribution in [2.75, 3.05) is 6.61 Å². The van der Waals surface area contributed by atoms with E-state index >= 15 is 0 Å². The molecular formula is C19H18Cl2N2O2Sn. The fourth-order valence-corrected chi connectivity index (χ4v) is 7.65. The molecule has 26 heavy (non-hydrogen) atoms. The van der Waals surface area contributed by atoms with E-state index in [0.717, 1.165) is 40.7 Å². The molecule has 2 aliphatic rings. The Hall–Kier alpha value is -0.821. The van der Waals surface area contributed by atoms with Gasteiger partial charge in [0.2, 0.25) is 0 Å². The third-order valence-corrected chi connectivity index (χ3v) is 9.24. The van der Waals surface area contributed by atoms with Crippen LogP contribution in [0.1, 0.15) is 31.2 Å². The van der Waals surface area contributed by atoms with Gasteiger partial charge in [-0.25, -0.2) is 0 Å². The summed E-state index contributed by atoms with van der Waals surface area (Å²) in [5.41, 5.74) is 1.95. The molecule has 1 N–H and O–H groups in total. The number of halogens is 2. The predicted molar refractivity (Wildman–Crippen MR) is 106 cm³/mol. The summed E-state index contributed by atoms with van der Waals surface area (Å²) < 4.78 is 8.43. The Labute approximate surface area is 172 Å². The molecule has 4 rings (SSSR count). The van der Waals surface area contributed by atoms with Crippen LogP contribution >= 0.6 is 23.2 Å². The molecule has 0 amide bonds. The molecule has 1 saturated carbocycles. The standard InChI is InChI=1S/C19H18Cl2N2O2.Sn/c20-16-4-5-17(23-11-13-6-8-22-9-7-13)19(18(16)21)25-12-14-2-1-3-15(24)10-14;/h4,6-9,14-15,24H,1-3,10,12H2;/t14-,15+;/m0./s1. The number of pyridine rings is 1. The minimum atomic E-state index is -1.06. The second-order valence-corrected chi connectivity index (χ2v) is 11.1. The number of aliphatic imine (C=N–C) groups is 1. The number of aromatic nitrogens is 1. The van der Waals surface area contributed by atoms with E-state index in [4.69, 9.17) is 32.9 Å². The van der Waals surface area contributed by atoms with Crippen molar-refractivity contribution < 1.29 is 9.84 Å². The Balaban J connectivity index is 1.60. The number of fused-ring (bicyclic) bond motifs is 1. The molecule has 2 radical (unpaired) electrons. The van der Waals surface area contributed by atoms with Crippen LogP contribution in [-0.4, -0.2) is 47.7 Å². The van der Waals surface area contributed by atoms with Gasteiger partial charge in [0, 0.05) is 0 Å². The molecule has 0 saturated heterocycles. The van der Waals surface area contributed by atoms with Crippen LogP contribution < -0.4 is 8.32 Å². The molecule has 1 aliphatic carbocycles. The number of hydrogen-bond donors (Lipinski definition) is 1. The number of hydrogen-bond acceptors (Lipinski definition) is 4. The Morgan fingerprint density at radius 1 is 1.23 bits per heavy atom. The number of ether oxygens (including phenoxy) is 1. The van der Waals surface area contributed by atoms with Crippen LogP contribution in [0.3, 0.4) is 0 Å². The maximum absolute atomic E-state index is 9.87. The van der Waals surface area contributed by atoms with Crippen molar-refractivity contribution >= 4 is 57.3 Å². The molecule has 0 unspecified atom stereocenters. The number of benzene rings is 1. The molecule has 2 aromatic rings. The average Bonchev–Trinajstić information content (AvgIpc) is 3.06. The van der Waals surface area contributed by atoms with Crippen molar-refractivity contribution in [2.24, 2.45) is 10.9 Å². The van der Waals surface area contributed by atoms with E-state index in [0.29, 0.717) is 28.3 Å². The normalized spacial score (nSPS) is 22.0. The molecule has 4 nitrogen and oxygen atoms in total. The number of nitrogens with zero attached hydrogens (tertiary/aromatic N) is 2.